The molecule has 2 heterocycles. The van der Waals surface area contributed by atoms with Crippen molar-refractivity contribution in [1.29, 1.82) is 0 Å². The number of aromatic nitrogens is 2. The van der Waals surface area contributed by atoms with E-state index < -0.39 is 0 Å². The Hall–Kier alpha value is -1.94. The van der Waals surface area contributed by atoms with E-state index in [0.717, 1.165) is 17.4 Å². The molecule has 0 aliphatic carbocycles. The standard InChI is InChI=1S/C14H13N3S/c1-10-6-7-18-13(10)9-16-14-15-8-11-4-2-3-5-12(11)17-14/h2-8H,9H2,1H3,(H,15,16,17). The fourth-order valence-electron chi connectivity index (χ4n) is 1.80. The number of hydrogen-bond donors (Lipinski definition) is 1. The van der Waals surface area contributed by atoms with Gasteiger partial charge in [0.2, 0.25) is 5.95 Å². The number of hydrogen-bond acceptors (Lipinski definition) is 4. The van der Waals surface area contributed by atoms with E-state index in [9.17, 15) is 0 Å². The average molecular weight is 255 g/mol. The smallest absolute Gasteiger partial charge is 0.223 e. The molecule has 0 radical (unpaired) electrons. The molecule has 0 saturated carbocycles. The summed E-state index contributed by atoms with van der Waals surface area (Å²) >= 11 is 1.75. The van der Waals surface area contributed by atoms with Gasteiger partial charge in [-0.15, -0.1) is 11.3 Å². The van der Waals surface area contributed by atoms with Crippen LogP contribution in [0.15, 0.2) is 41.9 Å². The van der Waals surface area contributed by atoms with Gasteiger partial charge in [-0.2, -0.15) is 0 Å². The normalized spacial score (nSPS) is 10.7. The van der Waals surface area contributed by atoms with E-state index in [2.05, 4.69) is 33.7 Å². The zero-order valence-electron chi connectivity index (χ0n) is 10.1. The summed E-state index contributed by atoms with van der Waals surface area (Å²) in [6, 6.07) is 10.1. The molecule has 0 saturated heterocycles. The Morgan fingerprint density at radius 1 is 1.22 bits per heavy atom. The van der Waals surface area contributed by atoms with Crippen LogP contribution in [0.3, 0.4) is 0 Å². The van der Waals surface area contributed by atoms with Gasteiger partial charge in [-0.05, 0) is 30.0 Å². The number of thiophene rings is 1. The fourth-order valence-corrected chi connectivity index (χ4v) is 2.65. The van der Waals surface area contributed by atoms with Gasteiger partial charge >= 0.3 is 0 Å². The van der Waals surface area contributed by atoms with Crippen LogP contribution in [0, 0.1) is 6.92 Å². The molecule has 0 fully saturated rings. The SMILES string of the molecule is Cc1ccsc1CNc1ncc2ccccc2n1. The van der Waals surface area contributed by atoms with E-state index in [1.54, 1.807) is 11.3 Å². The molecule has 0 atom stereocenters. The van der Waals surface area contributed by atoms with Gasteiger partial charge in [-0.3, -0.25) is 0 Å². The van der Waals surface area contributed by atoms with Gasteiger partial charge in [0.1, 0.15) is 0 Å². The van der Waals surface area contributed by atoms with Gasteiger partial charge < -0.3 is 5.32 Å². The van der Waals surface area contributed by atoms with E-state index in [1.807, 2.05) is 30.5 Å². The van der Waals surface area contributed by atoms with Crippen molar-refractivity contribution in [2.75, 3.05) is 5.32 Å². The molecule has 0 spiro atoms. The van der Waals surface area contributed by atoms with Crippen LogP contribution in [0.1, 0.15) is 10.4 Å². The lowest BCUT2D eigenvalue weighted by atomic mass is 10.2. The molecule has 0 amide bonds. The van der Waals surface area contributed by atoms with Gasteiger partial charge in [-0.25, -0.2) is 9.97 Å². The first-order chi connectivity index (χ1) is 8.83. The Labute approximate surface area is 110 Å². The molecule has 18 heavy (non-hydrogen) atoms. The number of benzene rings is 1. The zero-order chi connectivity index (χ0) is 12.4. The Morgan fingerprint density at radius 3 is 2.94 bits per heavy atom. The highest BCUT2D eigenvalue weighted by molar-refractivity contribution is 7.10. The minimum absolute atomic E-state index is 0.682. The van der Waals surface area contributed by atoms with Crippen LogP contribution in [0.4, 0.5) is 5.95 Å². The molecule has 0 aliphatic rings. The predicted octanol–water partition coefficient (Wildman–Crippen LogP) is 3.61. The summed E-state index contributed by atoms with van der Waals surface area (Å²) in [5, 5.41) is 6.44. The van der Waals surface area contributed by atoms with Crippen LogP contribution in [-0.4, -0.2) is 9.97 Å². The summed E-state index contributed by atoms with van der Waals surface area (Å²) in [7, 11) is 0. The van der Waals surface area contributed by atoms with Crippen LogP contribution in [0.5, 0.6) is 0 Å². The quantitative estimate of drug-likeness (QED) is 0.777. The van der Waals surface area contributed by atoms with Crippen LogP contribution >= 0.6 is 11.3 Å². The number of para-hydroxylation sites is 1. The van der Waals surface area contributed by atoms with Crippen molar-refractivity contribution < 1.29 is 0 Å². The lowest BCUT2D eigenvalue weighted by molar-refractivity contribution is 1.08. The molecular weight excluding hydrogens is 242 g/mol. The van der Waals surface area contributed by atoms with Gasteiger partial charge in [0, 0.05) is 16.5 Å². The zero-order valence-corrected chi connectivity index (χ0v) is 10.9. The largest absolute Gasteiger partial charge is 0.349 e. The Balaban J connectivity index is 1.81. The highest BCUT2D eigenvalue weighted by Gasteiger charge is 2.02. The van der Waals surface area contributed by atoms with Crippen molar-refractivity contribution in [3.05, 3.63) is 52.3 Å². The van der Waals surface area contributed by atoms with Crippen molar-refractivity contribution in [2.24, 2.45) is 0 Å². The number of nitrogens with one attached hydrogen (secondary N) is 1. The lowest BCUT2D eigenvalue weighted by Gasteiger charge is -2.05. The summed E-state index contributed by atoms with van der Waals surface area (Å²) in [5.41, 5.74) is 2.28. The van der Waals surface area contributed by atoms with Gasteiger partial charge in [0.15, 0.2) is 0 Å². The minimum Gasteiger partial charge on any atom is -0.349 e. The summed E-state index contributed by atoms with van der Waals surface area (Å²) in [6.45, 7) is 2.90. The summed E-state index contributed by atoms with van der Waals surface area (Å²) in [6.07, 6.45) is 1.85. The maximum absolute atomic E-state index is 4.49. The minimum atomic E-state index is 0.682. The topological polar surface area (TPSA) is 37.8 Å². The number of anilines is 1. The molecular formula is C14H13N3S. The van der Waals surface area contributed by atoms with Crippen LogP contribution in [-0.2, 0) is 6.54 Å². The highest BCUT2D eigenvalue weighted by Crippen LogP contribution is 2.17. The first kappa shape index (κ1) is 11.2. The van der Waals surface area contributed by atoms with Crippen molar-refractivity contribution in [3.63, 3.8) is 0 Å². The number of aryl methyl sites for hydroxylation is 1. The molecule has 0 bridgehead atoms. The second-order valence-electron chi connectivity index (χ2n) is 4.13. The molecule has 3 nitrogen and oxygen atoms in total. The second kappa shape index (κ2) is 4.74. The number of nitrogens with zero attached hydrogens (tertiary/aromatic N) is 2. The highest BCUT2D eigenvalue weighted by atomic mass is 32.1. The molecule has 0 unspecified atom stereocenters. The summed E-state index contributed by atoms with van der Waals surface area (Å²) < 4.78 is 0. The monoisotopic (exact) mass is 255 g/mol. The third-order valence-electron chi connectivity index (χ3n) is 2.86. The van der Waals surface area contributed by atoms with Gasteiger partial charge in [-0.1, -0.05) is 18.2 Å². The maximum atomic E-state index is 4.49. The summed E-state index contributed by atoms with van der Waals surface area (Å²) in [4.78, 5) is 10.1. The third-order valence-corrected chi connectivity index (χ3v) is 3.89. The van der Waals surface area contributed by atoms with Crippen molar-refractivity contribution in [1.82, 2.24) is 9.97 Å². The summed E-state index contributed by atoms with van der Waals surface area (Å²) in [5.74, 6) is 0.682. The molecule has 0 aliphatic heterocycles. The number of rotatable bonds is 3. The van der Waals surface area contributed by atoms with Gasteiger partial charge in [0.25, 0.3) is 0 Å². The Morgan fingerprint density at radius 2 is 2.11 bits per heavy atom. The lowest BCUT2D eigenvalue weighted by Crippen LogP contribution is -2.02. The van der Waals surface area contributed by atoms with E-state index in [0.29, 0.717) is 5.95 Å². The molecule has 90 valence electrons. The fraction of sp³-hybridized carbons (Fsp3) is 0.143. The molecule has 1 aromatic carbocycles. The molecule has 1 N–H and O–H groups in total. The van der Waals surface area contributed by atoms with Crippen LogP contribution in [0.2, 0.25) is 0 Å². The molecule has 4 heteroatoms. The second-order valence-corrected chi connectivity index (χ2v) is 5.13. The van der Waals surface area contributed by atoms with Crippen molar-refractivity contribution in [2.45, 2.75) is 13.5 Å². The predicted molar refractivity (Wildman–Crippen MR) is 75.9 cm³/mol. The maximum Gasteiger partial charge on any atom is 0.223 e. The average Bonchev–Trinajstić information content (AvgIpc) is 2.82. The Bertz CT molecular complexity index is 675. The van der Waals surface area contributed by atoms with Crippen LogP contribution < -0.4 is 5.32 Å². The van der Waals surface area contributed by atoms with Crippen LogP contribution in [0.25, 0.3) is 10.9 Å². The van der Waals surface area contributed by atoms with E-state index >= 15 is 0 Å². The first-order valence-electron chi connectivity index (χ1n) is 5.81. The molecule has 3 aromatic rings. The Kier molecular flexibility index (Phi) is 2.94. The van der Waals surface area contributed by atoms with Crippen molar-refractivity contribution >= 4 is 28.2 Å². The van der Waals surface area contributed by atoms with E-state index in [4.69, 9.17) is 0 Å². The number of fused-ring (bicyclic) bond motifs is 1. The third kappa shape index (κ3) is 2.19. The van der Waals surface area contributed by atoms with Crippen molar-refractivity contribution in [3.8, 4) is 0 Å². The van der Waals surface area contributed by atoms with E-state index in [1.165, 1.54) is 10.4 Å². The molecule has 3 rings (SSSR count). The van der Waals surface area contributed by atoms with Gasteiger partial charge in [0.05, 0.1) is 12.1 Å². The first-order valence-corrected chi connectivity index (χ1v) is 6.69. The van der Waals surface area contributed by atoms with E-state index in [-0.39, 0.29) is 0 Å². The molecule has 2 aromatic heterocycles.